The molecule has 0 fully saturated rings. The average molecular weight is 253 g/mol. The number of nitrogens with zero attached hydrogens (tertiary/aromatic N) is 1. The number of rotatable bonds is 7. The number of hydrogen-bond donors (Lipinski definition) is 2. The Morgan fingerprint density at radius 2 is 2.00 bits per heavy atom. The lowest BCUT2D eigenvalue weighted by atomic mass is 10.2. The second kappa shape index (κ2) is 6.90. The maximum absolute atomic E-state index is 10.4. The second-order valence-corrected chi connectivity index (χ2v) is 4.75. The number of hydrogen-bond acceptors (Lipinski definition) is 4. The Balaban J connectivity index is 2.27. The van der Waals surface area contributed by atoms with E-state index >= 15 is 0 Å². The van der Waals surface area contributed by atoms with Gasteiger partial charge in [0.05, 0.1) is 10.8 Å². The number of nitro benzene ring substituents is 1. The summed E-state index contributed by atoms with van der Waals surface area (Å²) in [6.45, 7) is 0. The van der Waals surface area contributed by atoms with Crippen LogP contribution in [0.25, 0.3) is 0 Å². The Morgan fingerprint density at radius 3 is 2.53 bits per heavy atom. The lowest BCUT2D eigenvalue weighted by Crippen LogP contribution is -2.08. The maximum Gasteiger partial charge on any atom is 0.269 e. The van der Waals surface area contributed by atoms with Crippen molar-refractivity contribution in [1.82, 2.24) is 0 Å². The highest BCUT2D eigenvalue weighted by Crippen LogP contribution is 2.22. The summed E-state index contributed by atoms with van der Waals surface area (Å²) in [5.41, 5.74) is 5.36. The van der Waals surface area contributed by atoms with Crippen LogP contribution in [0.2, 0.25) is 0 Å². The minimum absolute atomic E-state index is 0.117. The minimum atomic E-state index is -0.401. The zero-order valence-electron chi connectivity index (χ0n) is 9.39. The predicted octanol–water partition coefficient (Wildman–Crippen LogP) is 2.79. The highest BCUT2D eigenvalue weighted by Gasteiger charge is 2.03. The van der Waals surface area contributed by atoms with E-state index in [-0.39, 0.29) is 11.5 Å². The van der Waals surface area contributed by atoms with E-state index < -0.39 is 4.92 Å². The first-order valence-electron chi connectivity index (χ1n) is 5.30. The zero-order chi connectivity index (χ0) is 12.7. The smallest absolute Gasteiger partial charge is 0.269 e. The van der Waals surface area contributed by atoms with Gasteiger partial charge in [0.15, 0.2) is 0 Å². The van der Waals surface area contributed by atoms with Gasteiger partial charge in [-0.25, -0.2) is 0 Å². The first kappa shape index (κ1) is 13.5. The van der Waals surface area contributed by atoms with E-state index in [2.05, 4.69) is 0 Å². The zero-order valence-corrected chi connectivity index (χ0v) is 10.2. The molecule has 0 atom stereocenters. The summed E-state index contributed by atoms with van der Waals surface area (Å²) in [5, 5.41) is 17.5. The van der Waals surface area contributed by atoms with Gasteiger partial charge in [0.1, 0.15) is 0 Å². The van der Waals surface area contributed by atoms with E-state index in [9.17, 15) is 10.1 Å². The van der Waals surface area contributed by atoms with Gasteiger partial charge in [0.25, 0.3) is 5.69 Å². The lowest BCUT2D eigenvalue weighted by Gasteiger charge is -2.01. The first-order valence-corrected chi connectivity index (χ1v) is 6.28. The molecule has 0 bridgehead atoms. The van der Waals surface area contributed by atoms with Gasteiger partial charge in [-0.05, 0) is 30.7 Å². The van der Waals surface area contributed by atoms with Crippen molar-refractivity contribution in [1.29, 1.82) is 5.41 Å². The van der Waals surface area contributed by atoms with E-state index in [4.69, 9.17) is 11.1 Å². The molecule has 0 aromatic heterocycles. The number of thioether (sulfide) groups is 1. The normalized spacial score (nSPS) is 10.1. The van der Waals surface area contributed by atoms with Gasteiger partial charge in [-0.3, -0.25) is 15.5 Å². The van der Waals surface area contributed by atoms with Crippen molar-refractivity contribution in [3.8, 4) is 0 Å². The fraction of sp³-hybridized carbons (Fsp3) is 0.364. The standard InChI is InChI=1S/C11H15N3O2S/c12-11(13)3-1-2-8-17-10-6-4-9(5-7-10)14(15)16/h4-7H,1-3,8H2,(H3,12,13). The molecule has 17 heavy (non-hydrogen) atoms. The van der Waals surface area contributed by atoms with Crippen molar-refractivity contribution in [2.24, 2.45) is 5.73 Å². The average Bonchev–Trinajstić information content (AvgIpc) is 2.29. The molecule has 0 heterocycles. The quantitative estimate of drug-likeness (QED) is 0.195. The topological polar surface area (TPSA) is 93.0 Å². The van der Waals surface area contributed by atoms with Gasteiger partial charge in [-0.1, -0.05) is 0 Å². The van der Waals surface area contributed by atoms with Crippen molar-refractivity contribution in [3.63, 3.8) is 0 Å². The first-order chi connectivity index (χ1) is 8.09. The summed E-state index contributed by atoms with van der Waals surface area (Å²) in [5.74, 6) is 1.16. The van der Waals surface area contributed by atoms with Gasteiger partial charge < -0.3 is 5.73 Å². The van der Waals surface area contributed by atoms with Gasteiger partial charge in [0.2, 0.25) is 0 Å². The molecule has 1 aromatic rings. The summed E-state index contributed by atoms with van der Waals surface area (Å²) in [7, 11) is 0. The number of unbranched alkanes of at least 4 members (excludes halogenated alkanes) is 1. The number of non-ortho nitro benzene ring substituents is 1. The largest absolute Gasteiger partial charge is 0.388 e. The molecule has 0 amide bonds. The van der Waals surface area contributed by atoms with Gasteiger partial charge in [-0.2, -0.15) is 0 Å². The van der Waals surface area contributed by atoms with Crippen LogP contribution >= 0.6 is 11.8 Å². The van der Waals surface area contributed by atoms with Crippen molar-refractivity contribution >= 4 is 23.3 Å². The molecule has 0 saturated carbocycles. The summed E-state index contributed by atoms with van der Waals surface area (Å²) in [6, 6.07) is 6.54. The van der Waals surface area contributed by atoms with E-state index in [1.54, 1.807) is 23.9 Å². The molecule has 0 aliphatic rings. The van der Waals surface area contributed by atoms with Crippen LogP contribution in [0, 0.1) is 15.5 Å². The van der Waals surface area contributed by atoms with Crippen LogP contribution in [0.15, 0.2) is 29.2 Å². The molecule has 3 N–H and O–H groups in total. The monoisotopic (exact) mass is 253 g/mol. The van der Waals surface area contributed by atoms with Crippen LogP contribution in [-0.4, -0.2) is 16.5 Å². The third-order valence-corrected chi connectivity index (χ3v) is 3.26. The fourth-order valence-corrected chi connectivity index (χ4v) is 2.18. The van der Waals surface area contributed by atoms with E-state index in [0.717, 1.165) is 23.5 Å². The summed E-state index contributed by atoms with van der Waals surface area (Å²) >= 11 is 1.66. The molecule has 1 aromatic carbocycles. The number of nitrogens with two attached hydrogens (primary N) is 1. The molecule has 0 radical (unpaired) electrons. The van der Waals surface area contributed by atoms with Crippen LogP contribution < -0.4 is 5.73 Å². The van der Waals surface area contributed by atoms with E-state index in [1.807, 2.05) is 0 Å². The third-order valence-electron chi connectivity index (χ3n) is 2.16. The molecular weight excluding hydrogens is 238 g/mol. The molecular formula is C11H15N3O2S. The predicted molar refractivity (Wildman–Crippen MR) is 69.6 cm³/mol. The molecule has 92 valence electrons. The molecule has 0 aliphatic carbocycles. The molecule has 0 aliphatic heterocycles. The van der Waals surface area contributed by atoms with Gasteiger partial charge >= 0.3 is 0 Å². The molecule has 1 rings (SSSR count). The molecule has 0 spiro atoms. The molecule has 5 nitrogen and oxygen atoms in total. The summed E-state index contributed by atoms with van der Waals surface area (Å²) in [6.07, 6.45) is 2.54. The molecule has 0 unspecified atom stereocenters. The maximum atomic E-state index is 10.4. The Labute approximate surface area is 104 Å². The van der Waals surface area contributed by atoms with E-state index in [0.29, 0.717) is 6.42 Å². The number of benzene rings is 1. The fourth-order valence-electron chi connectivity index (χ4n) is 1.27. The van der Waals surface area contributed by atoms with Gasteiger partial charge in [0, 0.05) is 23.4 Å². The van der Waals surface area contributed by atoms with Crippen molar-refractivity contribution < 1.29 is 4.92 Å². The number of nitrogens with one attached hydrogen (secondary N) is 1. The summed E-state index contributed by atoms with van der Waals surface area (Å²) in [4.78, 5) is 11.1. The highest BCUT2D eigenvalue weighted by atomic mass is 32.2. The Morgan fingerprint density at radius 1 is 1.35 bits per heavy atom. The van der Waals surface area contributed by atoms with Crippen LogP contribution in [0.4, 0.5) is 5.69 Å². The van der Waals surface area contributed by atoms with Crippen LogP contribution in [0.3, 0.4) is 0 Å². The van der Waals surface area contributed by atoms with Crippen molar-refractivity contribution in [2.45, 2.75) is 24.2 Å². The Hall–Kier alpha value is -1.56. The van der Waals surface area contributed by atoms with Crippen LogP contribution in [0.5, 0.6) is 0 Å². The van der Waals surface area contributed by atoms with Crippen molar-refractivity contribution in [3.05, 3.63) is 34.4 Å². The number of amidine groups is 1. The third kappa shape index (κ3) is 5.35. The highest BCUT2D eigenvalue weighted by molar-refractivity contribution is 7.99. The Kier molecular flexibility index (Phi) is 5.48. The second-order valence-electron chi connectivity index (χ2n) is 3.58. The van der Waals surface area contributed by atoms with Crippen LogP contribution in [-0.2, 0) is 0 Å². The summed E-state index contributed by atoms with van der Waals surface area (Å²) < 4.78 is 0. The van der Waals surface area contributed by atoms with Crippen molar-refractivity contribution in [2.75, 3.05) is 5.75 Å². The molecule has 0 saturated heterocycles. The van der Waals surface area contributed by atoms with E-state index in [1.165, 1.54) is 12.1 Å². The minimum Gasteiger partial charge on any atom is -0.388 e. The Bertz CT molecular complexity index is 392. The van der Waals surface area contributed by atoms with Crippen LogP contribution in [0.1, 0.15) is 19.3 Å². The molecule has 6 heteroatoms. The SMILES string of the molecule is N=C(N)CCCCSc1ccc([N+](=O)[O-])cc1. The number of nitro groups is 1. The lowest BCUT2D eigenvalue weighted by molar-refractivity contribution is -0.384. The van der Waals surface area contributed by atoms with Gasteiger partial charge in [-0.15, -0.1) is 11.8 Å².